The predicted octanol–water partition coefficient (Wildman–Crippen LogP) is 2.68. The summed E-state index contributed by atoms with van der Waals surface area (Å²) in [6.07, 6.45) is 0. The van der Waals surface area contributed by atoms with E-state index in [0.29, 0.717) is 0 Å². The standard InChI is InChI=1S/C10H12ClN2Se/c1-7(2)12-10(14)13-9-5-3-8(11)4-6-9/h3-7H,1-2H3,(H,12,13). The molecular formula is C10H12ClN2Se. The summed E-state index contributed by atoms with van der Waals surface area (Å²) in [4.78, 5) is 4.31. The summed E-state index contributed by atoms with van der Waals surface area (Å²) in [7, 11) is 0. The number of hydrogen-bond donors (Lipinski definition) is 1. The Hall–Kier alpha value is -0.501. The summed E-state index contributed by atoms with van der Waals surface area (Å²) in [5.41, 5.74) is 0.979. The van der Waals surface area contributed by atoms with Crippen LogP contribution in [0.3, 0.4) is 0 Å². The Morgan fingerprint density at radius 3 is 2.43 bits per heavy atom. The summed E-state index contributed by atoms with van der Waals surface area (Å²) in [5, 5.41) is 3.87. The first-order valence-corrected chi connectivity index (χ1v) is 5.59. The molecule has 0 atom stereocenters. The molecule has 0 aliphatic heterocycles. The number of nitrogens with one attached hydrogen (secondary N) is 1. The van der Waals surface area contributed by atoms with Gasteiger partial charge in [-0.2, -0.15) is 0 Å². The Labute approximate surface area is 97.6 Å². The molecule has 1 aromatic carbocycles. The second-order valence-electron chi connectivity index (χ2n) is 3.16. The second-order valence-corrected chi connectivity index (χ2v) is 4.41. The molecule has 0 fully saturated rings. The first-order chi connectivity index (χ1) is 6.58. The first-order valence-electron chi connectivity index (χ1n) is 4.35. The number of benzene rings is 1. The van der Waals surface area contributed by atoms with Gasteiger partial charge in [0.25, 0.3) is 0 Å². The zero-order valence-electron chi connectivity index (χ0n) is 8.12. The SMILES string of the molecule is CC(C)N=C([Se])Nc1ccc(Cl)cc1. The maximum absolute atomic E-state index is 5.77. The Kier molecular flexibility index (Phi) is 4.46. The maximum atomic E-state index is 5.77. The van der Waals surface area contributed by atoms with Gasteiger partial charge in [-0.15, -0.1) is 0 Å². The van der Waals surface area contributed by atoms with Gasteiger partial charge in [0.05, 0.1) is 0 Å². The van der Waals surface area contributed by atoms with Crippen LogP contribution in [-0.4, -0.2) is 26.8 Å². The number of aliphatic imine (C=N–C) groups is 1. The summed E-state index contributed by atoms with van der Waals surface area (Å²) >= 11 is 8.64. The van der Waals surface area contributed by atoms with E-state index < -0.39 is 0 Å². The first kappa shape index (κ1) is 11.6. The van der Waals surface area contributed by atoms with Gasteiger partial charge in [0.15, 0.2) is 0 Å². The predicted molar refractivity (Wildman–Crippen MR) is 63.4 cm³/mol. The van der Waals surface area contributed by atoms with Gasteiger partial charge in [0.1, 0.15) is 0 Å². The average Bonchev–Trinajstić information content (AvgIpc) is 2.07. The number of amidine groups is 1. The van der Waals surface area contributed by atoms with E-state index in [1.807, 2.05) is 38.1 Å². The molecular weight excluding hydrogens is 263 g/mol. The van der Waals surface area contributed by atoms with Crippen molar-refractivity contribution < 1.29 is 0 Å². The van der Waals surface area contributed by atoms with Gasteiger partial charge in [0, 0.05) is 0 Å². The second kappa shape index (κ2) is 5.40. The third kappa shape index (κ3) is 4.14. The molecule has 1 aromatic rings. The van der Waals surface area contributed by atoms with Crippen LogP contribution in [-0.2, 0) is 0 Å². The van der Waals surface area contributed by atoms with E-state index in [4.69, 9.17) is 11.6 Å². The van der Waals surface area contributed by atoms with Crippen LogP contribution in [0, 0.1) is 0 Å². The van der Waals surface area contributed by atoms with E-state index in [1.54, 1.807) is 0 Å². The molecule has 0 saturated carbocycles. The van der Waals surface area contributed by atoms with Gasteiger partial charge in [-0.25, -0.2) is 0 Å². The van der Waals surface area contributed by atoms with Crippen LogP contribution in [0.25, 0.3) is 0 Å². The molecule has 0 saturated heterocycles. The minimum absolute atomic E-state index is 0.283. The number of anilines is 1. The summed E-state index contributed by atoms with van der Waals surface area (Å²) < 4.78 is 0.794. The van der Waals surface area contributed by atoms with Gasteiger partial charge >= 0.3 is 97.5 Å². The molecule has 1 radical (unpaired) electrons. The zero-order chi connectivity index (χ0) is 10.6. The van der Waals surface area contributed by atoms with E-state index >= 15 is 0 Å². The van der Waals surface area contributed by atoms with E-state index in [0.717, 1.165) is 15.4 Å². The van der Waals surface area contributed by atoms with Crippen molar-refractivity contribution in [2.45, 2.75) is 19.9 Å². The molecule has 0 bridgehead atoms. The Morgan fingerprint density at radius 2 is 1.93 bits per heavy atom. The average molecular weight is 275 g/mol. The normalized spacial score (nSPS) is 11.9. The van der Waals surface area contributed by atoms with Crippen molar-refractivity contribution in [2.75, 3.05) is 5.32 Å². The molecule has 0 aliphatic carbocycles. The third-order valence-electron chi connectivity index (χ3n) is 1.47. The molecule has 75 valence electrons. The summed E-state index contributed by atoms with van der Waals surface area (Å²) in [6, 6.07) is 7.79. The molecule has 2 nitrogen and oxygen atoms in total. The van der Waals surface area contributed by atoms with Crippen molar-refractivity contribution in [3.63, 3.8) is 0 Å². The fourth-order valence-corrected chi connectivity index (χ4v) is 1.74. The Morgan fingerprint density at radius 1 is 1.36 bits per heavy atom. The van der Waals surface area contributed by atoms with E-state index in [2.05, 4.69) is 26.3 Å². The molecule has 0 aromatic heterocycles. The van der Waals surface area contributed by atoms with Crippen molar-refractivity contribution in [2.24, 2.45) is 4.99 Å². The summed E-state index contributed by atoms with van der Waals surface area (Å²) in [6.45, 7) is 4.06. The van der Waals surface area contributed by atoms with Gasteiger partial charge in [-0.05, 0) is 0 Å². The van der Waals surface area contributed by atoms with Crippen LogP contribution in [0.1, 0.15) is 13.8 Å². The van der Waals surface area contributed by atoms with Gasteiger partial charge in [-0.3, -0.25) is 0 Å². The quantitative estimate of drug-likeness (QED) is 0.500. The number of halogens is 1. The molecule has 1 N–H and O–H groups in total. The van der Waals surface area contributed by atoms with Crippen LogP contribution in [0.5, 0.6) is 0 Å². The van der Waals surface area contributed by atoms with Crippen LogP contribution >= 0.6 is 11.6 Å². The molecule has 4 heteroatoms. The van der Waals surface area contributed by atoms with Crippen molar-refractivity contribution in [3.8, 4) is 0 Å². The fraction of sp³-hybridized carbons (Fsp3) is 0.300. The van der Waals surface area contributed by atoms with Crippen molar-refractivity contribution in [1.29, 1.82) is 0 Å². The number of hydrogen-bond acceptors (Lipinski definition) is 1. The van der Waals surface area contributed by atoms with Gasteiger partial charge in [-0.1, -0.05) is 0 Å². The number of rotatable bonds is 2. The van der Waals surface area contributed by atoms with E-state index in [1.165, 1.54) is 0 Å². The summed E-state index contributed by atoms with van der Waals surface area (Å²) in [5.74, 6) is 0. The molecule has 0 amide bonds. The van der Waals surface area contributed by atoms with Crippen molar-refractivity contribution >= 4 is 38.0 Å². The molecule has 0 spiro atoms. The van der Waals surface area contributed by atoms with Crippen LogP contribution in [0.2, 0.25) is 5.02 Å². The number of nitrogens with zero attached hydrogens (tertiary/aromatic N) is 1. The molecule has 0 heterocycles. The molecule has 1 rings (SSSR count). The van der Waals surface area contributed by atoms with Crippen LogP contribution in [0.15, 0.2) is 29.3 Å². The minimum atomic E-state index is 0.283. The van der Waals surface area contributed by atoms with Crippen molar-refractivity contribution in [3.05, 3.63) is 29.3 Å². The molecule has 0 unspecified atom stereocenters. The topological polar surface area (TPSA) is 24.4 Å². The van der Waals surface area contributed by atoms with Gasteiger partial charge in [0.2, 0.25) is 0 Å². The fourth-order valence-electron chi connectivity index (χ4n) is 0.923. The Balaban J connectivity index is 2.65. The monoisotopic (exact) mass is 275 g/mol. The molecule has 0 aliphatic rings. The van der Waals surface area contributed by atoms with Gasteiger partial charge < -0.3 is 0 Å². The van der Waals surface area contributed by atoms with Crippen LogP contribution < -0.4 is 5.32 Å². The Bertz CT molecular complexity index is 319. The van der Waals surface area contributed by atoms with Crippen molar-refractivity contribution in [1.82, 2.24) is 0 Å². The van der Waals surface area contributed by atoms with E-state index in [9.17, 15) is 0 Å². The molecule has 14 heavy (non-hydrogen) atoms. The zero-order valence-corrected chi connectivity index (χ0v) is 10.6. The third-order valence-corrected chi connectivity index (χ3v) is 2.16. The van der Waals surface area contributed by atoms with E-state index in [-0.39, 0.29) is 6.04 Å². The van der Waals surface area contributed by atoms with Crippen LogP contribution in [0.4, 0.5) is 5.69 Å².